The molecule has 1 N–H and O–H groups in total. The maximum atomic E-state index is 12.4. The monoisotopic (exact) mass is 358 g/mol. The van der Waals surface area contributed by atoms with Crippen molar-refractivity contribution in [2.45, 2.75) is 59.2 Å². The van der Waals surface area contributed by atoms with E-state index in [9.17, 15) is 9.59 Å². The van der Waals surface area contributed by atoms with E-state index in [1.807, 2.05) is 20.8 Å². The number of amides is 2. The Kier molecular flexibility index (Phi) is 7.86. The summed E-state index contributed by atoms with van der Waals surface area (Å²) in [7, 11) is 0. The van der Waals surface area contributed by atoms with E-state index in [0.29, 0.717) is 22.9 Å². The summed E-state index contributed by atoms with van der Waals surface area (Å²) in [6.45, 7) is 7.75. The summed E-state index contributed by atoms with van der Waals surface area (Å²) in [5, 5.41) is 3.91. The molecule has 2 amide bonds. The second-order valence-electron chi connectivity index (χ2n) is 5.70. The topological polar surface area (TPSA) is 49.4 Å². The molecular formula is C17H24Cl2N2O2. The van der Waals surface area contributed by atoms with E-state index in [1.165, 1.54) is 0 Å². The normalized spacial score (nSPS) is 12.1. The number of hydrogen-bond donors (Lipinski definition) is 1. The van der Waals surface area contributed by atoms with E-state index in [4.69, 9.17) is 23.2 Å². The Morgan fingerprint density at radius 3 is 2.35 bits per heavy atom. The molecule has 0 fully saturated rings. The Labute approximate surface area is 148 Å². The molecule has 0 aliphatic heterocycles. The number of benzene rings is 1. The van der Waals surface area contributed by atoms with Crippen molar-refractivity contribution in [3.05, 3.63) is 33.8 Å². The van der Waals surface area contributed by atoms with Crippen LogP contribution in [0.5, 0.6) is 0 Å². The largest absolute Gasteiger partial charge is 0.352 e. The van der Waals surface area contributed by atoms with Crippen molar-refractivity contribution in [2.75, 3.05) is 0 Å². The van der Waals surface area contributed by atoms with E-state index in [0.717, 1.165) is 5.56 Å². The highest BCUT2D eigenvalue weighted by molar-refractivity contribution is 6.35. The number of rotatable bonds is 7. The Morgan fingerprint density at radius 1 is 1.22 bits per heavy atom. The van der Waals surface area contributed by atoms with Crippen LogP contribution in [0.2, 0.25) is 10.0 Å². The molecule has 0 aliphatic rings. The standard InChI is InChI=1S/C17H24Cl2N2O2/c1-5-15(17(23)20-11(3)4)21(16(22)6-2)10-12-7-8-13(18)9-14(12)19/h7-9,11,15H,5-6,10H2,1-4H3,(H,20,23)/t15-/m1/s1. The fourth-order valence-electron chi connectivity index (χ4n) is 2.34. The van der Waals surface area contributed by atoms with Crippen LogP contribution in [-0.2, 0) is 16.1 Å². The van der Waals surface area contributed by atoms with Crippen molar-refractivity contribution in [3.63, 3.8) is 0 Å². The van der Waals surface area contributed by atoms with Gasteiger partial charge in [0, 0.05) is 29.1 Å². The van der Waals surface area contributed by atoms with Crippen LogP contribution < -0.4 is 5.32 Å². The van der Waals surface area contributed by atoms with Crippen molar-refractivity contribution in [2.24, 2.45) is 0 Å². The lowest BCUT2D eigenvalue weighted by Crippen LogP contribution is -2.50. The van der Waals surface area contributed by atoms with Gasteiger partial charge in [-0.3, -0.25) is 9.59 Å². The summed E-state index contributed by atoms with van der Waals surface area (Å²) in [5.41, 5.74) is 0.772. The van der Waals surface area contributed by atoms with Crippen LogP contribution in [0.3, 0.4) is 0 Å². The number of halogens is 2. The van der Waals surface area contributed by atoms with Gasteiger partial charge in [-0.25, -0.2) is 0 Å². The lowest BCUT2D eigenvalue weighted by atomic mass is 10.1. The van der Waals surface area contributed by atoms with Gasteiger partial charge >= 0.3 is 0 Å². The van der Waals surface area contributed by atoms with Gasteiger partial charge in [0.15, 0.2) is 0 Å². The first kappa shape index (κ1) is 19.8. The number of carbonyl (C=O) groups excluding carboxylic acids is 2. The lowest BCUT2D eigenvalue weighted by molar-refractivity contribution is -0.141. The predicted octanol–water partition coefficient (Wildman–Crippen LogP) is 4.04. The zero-order chi connectivity index (χ0) is 17.6. The Hall–Kier alpha value is -1.26. The molecule has 1 rings (SSSR count). The van der Waals surface area contributed by atoms with Gasteiger partial charge in [-0.05, 0) is 38.0 Å². The van der Waals surface area contributed by atoms with Gasteiger partial charge < -0.3 is 10.2 Å². The Balaban J connectivity index is 3.07. The fourth-order valence-corrected chi connectivity index (χ4v) is 2.80. The Bertz CT molecular complexity index is 562. The second-order valence-corrected chi connectivity index (χ2v) is 6.54. The van der Waals surface area contributed by atoms with Crippen molar-refractivity contribution in [1.82, 2.24) is 10.2 Å². The van der Waals surface area contributed by atoms with Crippen molar-refractivity contribution in [3.8, 4) is 0 Å². The summed E-state index contributed by atoms with van der Waals surface area (Å²) < 4.78 is 0. The second kappa shape index (κ2) is 9.14. The molecule has 0 saturated carbocycles. The zero-order valence-electron chi connectivity index (χ0n) is 14.0. The third-order valence-corrected chi connectivity index (χ3v) is 4.06. The first-order chi connectivity index (χ1) is 10.8. The van der Waals surface area contributed by atoms with Crippen molar-refractivity contribution < 1.29 is 9.59 Å². The minimum atomic E-state index is -0.517. The average Bonchev–Trinajstić information content (AvgIpc) is 2.47. The van der Waals surface area contributed by atoms with Crippen molar-refractivity contribution in [1.29, 1.82) is 0 Å². The molecule has 23 heavy (non-hydrogen) atoms. The van der Waals surface area contributed by atoms with Crippen LogP contribution in [0.4, 0.5) is 0 Å². The van der Waals surface area contributed by atoms with E-state index in [-0.39, 0.29) is 24.4 Å². The van der Waals surface area contributed by atoms with Crippen LogP contribution in [-0.4, -0.2) is 28.8 Å². The van der Waals surface area contributed by atoms with Crippen molar-refractivity contribution >= 4 is 35.0 Å². The number of carbonyl (C=O) groups is 2. The van der Waals surface area contributed by atoms with Crippen LogP contribution in [0.15, 0.2) is 18.2 Å². The third kappa shape index (κ3) is 5.70. The van der Waals surface area contributed by atoms with E-state index >= 15 is 0 Å². The molecule has 0 saturated heterocycles. The van der Waals surface area contributed by atoms with E-state index < -0.39 is 6.04 Å². The molecule has 0 aliphatic carbocycles. The minimum Gasteiger partial charge on any atom is -0.352 e. The van der Waals surface area contributed by atoms with Gasteiger partial charge in [0.05, 0.1) is 0 Å². The highest BCUT2D eigenvalue weighted by Crippen LogP contribution is 2.24. The molecular weight excluding hydrogens is 335 g/mol. The van der Waals surface area contributed by atoms with Gasteiger partial charge in [0.1, 0.15) is 6.04 Å². The fraction of sp³-hybridized carbons (Fsp3) is 0.529. The van der Waals surface area contributed by atoms with Crippen LogP contribution in [0.25, 0.3) is 0 Å². The molecule has 1 atom stereocenters. The highest BCUT2D eigenvalue weighted by atomic mass is 35.5. The average molecular weight is 359 g/mol. The van der Waals surface area contributed by atoms with Gasteiger partial charge in [0.25, 0.3) is 0 Å². The molecule has 4 nitrogen and oxygen atoms in total. The number of nitrogens with zero attached hydrogens (tertiary/aromatic N) is 1. The maximum absolute atomic E-state index is 12.4. The SMILES string of the molecule is CCC(=O)N(Cc1ccc(Cl)cc1Cl)[C@H](CC)C(=O)NC(C)C. The summed E-state index contributed by atoms with van der Waals surface area (Å²) >= 11 is 12.1. The van der Waals surface area contributed by atoms with E-state index in [2.05, 4.69) is 5.32 Å². The minimum absolute atomic E-state index is 0.0225. The first-order valence-electron chi connectivity index (χ1n) is 7.83. The molecule has 0 unspecified atom stereocenters. The molecule has 0 aromatic heterocycles. The lowest BCUT2D eigenvalue weighted by Gasteiger charge is -2.31. The van der Waals surface area contributed by atoms with Gasteiger partial charge in [0.2, 0.25) is 11.8 Å². The molecule has 6 heteroatoms. The molecule has 1 aromatic rings. The summed E-state index contributed by atoms with van der Waals surface area (Å²) in [5.74, 6) is -0.226. The quantitative estimate of drug-likeness (QED) is 0.799. The zero-order valence-corrected chi connectivity index (χ0v) is 15.5. The van der Waals surface area contributed by atoms with Crippen LogP contribution in [0.1, 0.15) is 46.1 Å². The molecule has 0 heterocycles. The van der Waals surface area contributed by atoms with E-state index in [1.54, 1.807) is 30.0 Å². The summed E-state index contributed by atoms with van der Waals surface area (Å²) in [6, 6.07) is 4.66. The molecule has 0 bridgehead atoms. The summed E-state index contributed by atoms with van der Waals surface area (Å²) in [6.07, 6.45) is 0.867. The van der Waals surface area contributed by atoms with Gasteiger partial charge in [-0.15, -0.1) is 0 Å². The molecule has 1 aromatic carbocycles. The first-order valence-corrected chi connectivity index (χ1v) is 8.59. The van der Waals surface area contributed by atoms with Gasteiger partial charge in [-0.1, -0.05) is 43.1 Å². The predicted molar refractivity (Wildman–Crippen MR) is 94.7 cm³/mol. The third-order valence-electron chi connectivity index (χ3n) is 3.48. The smallest absolute Gasteiger partial charge is 0.243 e. The molecule has 0 radical (unpaired) electrons. The number of hydrogen-bond acceptors (Lipinski definition) is 2. The number of nitrogens with one attached hydrogen (secondary N) is 1. The van der Waals surface area contributed by atoms with Crippen LogP contribution in [0, 0.1) is 0 Å². The Morgan fingerprint density at radius 2 is 1.87 bits per heavy atom. The van der Waals surface area contributed by atoms with Gasteiger partial charge in [-0.2, -0.15) is 0 Å². The molecule has 128 valence electrons. The summed E-state index contributed by atoms with van der Waals surface area (Å²) in [4.78, 5) is 26.4. The molecule has 0 spiro atoms. The van der Waals surface area contributed by atoms with Crippen LogP contribution >= 0.6 is 23.2 Å². The highest BCUT2D eigenvalue weighted by Gasteiger charge is 2.28. The maximum Gasteiger partial charge on any atom is 0.243 e.